The van der Waals surface area contributed by atoms with Gasteiger partial charge < -0.3 is 0 Å². The molecule has 0 amide bonds. The Labute approximate surface area is 213 Å². The molecule has 1 aromatic rings. The van der Waals surface area contributed by atoms with Crippen LogP contribution in [0.5, 0.6) is 0 Å². The standard InChI is InChI=1S/C18H30S.C10H16O4S/c1-16(2,3)12-10-11-13(19)15(18(7,8)9)14(12)17(4,5)6;1-9(2)6-4-5-10(9,3)8(11)7(6)15(12,13)14/h10-11,19H,1-9H3;6-7H,4-5H2,1-3H3,(H,12,13,14). The van der Waals surface area contributed by atoms with E-state index in [-0.39, 0.29) is 33.4 Å². The average molecular weight is 511 g/mol. The molecule has 3 unspecified atom stereocenters. The zero-order valence-corrected chi connectivity index (χ0v) is 25.0. The van der Waals surface area contributed by atoms with Crippen LogP contribution in [0.25, 0.3) is 0 Å². The largest absolute Gasteiger partial charge is 0.297 e. The summed E-state index contributed by atoms with van der Waals surface area (Å²) in [5, 5.41) is -1.19. The highest BCUT2D eigenvalue weighted by atomic mass is 32.2. The van der Waals surface area contributed by atoms with E-state index in [9.17, 15) is 13.2 Å². The van der Waals surface area contributed by atoms with E-state index in [1.165, 1.54) is 16.7 Å². The van der Waals surface area contributed by atoms with E-state index in [2.05, 4.69) is 74.4 Å². The van der Waals surface area contributed by atoms with Crippen molar-refractivity contribution in [2.75, 3.05) is 0 Å². The van der Waals surface area contributed by atoms with Crippen LogP contribution < -0.4 is 0 Å². The fourth-order valence-electron chi connectivity index (χ4n) is 6.10. The van der Waals surface area contributed by atoms with Gasteiger partial charge in [-0.05, 0) is 63.2 Å². The monoisotopic (exact) mass is 510 g/mol. The zero-order chi connectivity index (χ0) is 26.9. The summed E-state index contributed by atoms with van der Waals surface area (Å²) in [5.74, 6) is -0.531. The van der Waals surface area contributed by atoms with Crippen LogP contribution >= 0.6 is 12.6 Å². The van der Waals surface area contributed by atoms with E-state index in [0.717, 1.165) is 11.3 Å². The third kappa shape index (κ3) is 5.01. The highest BCUT2D eigenvalue weighted by Crippen LogP contribution is 2.64. The smallest absolute Gasteiger partial charge is 0.275 e. The number of ketones is 1. The molecule has 3 rings (SSSR count). The molecule has 0 heterocycles. The molecule has 0 saturated heterocycles. The van der Waals surface area contributed by atoms with Crippen LogP contribution in [0.2, 0.25) is 0 Å². The van der Waals surface area contributed by atoms with E-state index in [0.29, 0.717) is 6.42 Å². The van der Waals surface area contributed by atoms with Gasteiger partial charge in [0.1, 0.15) is 5.25 Å². The minimum atomic E-state index is -4.24. The Morgan fingerprint density at radius 2 is 1.35 bits per heavy atom. The van der Waals surface area contributed by atoms with Gasteiger partial charge in [-0.15, -0.1) is 12.6 Å². The van der Waals surface area contributed by atoms with Gasteiger partial charge in [-0.3, -0.25) is 9.35 Å². The number of thiol groups is 1. The van der Waals surface area contributed by atoms with Crippen molar-refractivity contribution in [3.63, 3.8) is 0 Å². The molecule has 2 aliphatic rings. The van der Waals surface area contributed by atoms with Crippen LogP contribution in [0.1, 0.15) is 113 Å². The van der Waals surface area contributed by atoms with Crippen LogP contribution in [0.15, 0.2) is 17.0 Å². The molecule has 3 atom stereocenters. The Balaban J connectivity index is 0.000000246. The Hall–Kier alpha value is -0.850. The topological polar surface area (TPSA) is 71.4 Å². The lowest BCUT2D eigenvalue weighted by atomic mass is 9.69. The Morgan fingerprint density at radius 1 is 0.882 bits per heavy atom. The van der Waals surface area contributed by atoms with E-state index >= 15 is 0 Å². The van der Waals surface area contributed by atoms with E-state index in [1.807, 2.05) is 20.8 Å². The summed E-state index contributed by atoms with van der Waals surface area (Å²) in [6.45, 7) is 26.3. The lowest BCUT2D eigenvalue weighted by Gasteiger charge is -2.37. The molecule has 194 valence electrons. The maximum atomic E-state index is 12.0. The van der Waals surface area contributed by atoms with Crippen molar-refractivity contribution in [2.45, 2.75) is 122 Å². The predicted octanol–water partition coefficient (Wildman–Crippen LogP) is 7.14. The van der Waals surface area contributed by atoms with Gasteiger partial charge in [0.2, 0.25) is 0 Å². The molecule has 4 nitrogen and oxygen atoms in total. The quantitative estimate of drug-likeness (QED) is 0.311. The molecule has 2 fully saturated rings. The summed E-state index contributed by atoms with van der Waals surface area (Å²) in [7, 11) is -4.24. The number of hydrogen-bond donors (Lipinski definition) is 2. The average Bonchev–Trinajstić information content (AvgIpc) is 2.90. The summed E-state index contributed by atoms with van der Waals surface area (Å²) in [6, 6.07) is 4.43. The number of Topliss-reactive ketones (excluding diaryl/α,β-unsaturated/α-hetero) is 1. The zero-order valence-electron chi connectivity index (χ0n) is 23.3. The van der Waals surface area contributed by atoms with E-state index in [4.69, 9.17) is 17.2 Å². The first-order valence-electron chi connectivity index (χ1n) is 12.3. The molecule has 34 heavy (non-hydrogen) atoms. The number of fused-ring (bicyclic) bond motifs is 2. The maximum Gasteiger partial charge on any atom is 0.275 e. The second kappa shape index (κ2) is 8.62. The molecule has 1 aromatic carbocycles. The van der Waals surface area contributed by atoms with Crippen molar-refractivity contribution in [3.05, 3.63) is 28.8 Å². The van der Waals surface area contributed by atoms with Crippen molar-refractivity contribution in [3.8, 4) is 0 Å². The summed E-state index contributed by atoms with van der Waals surface area (Å²) in [4.78, 5) is 13.1. The highest BCUT2D eigenvalue weighted by molar-refractivity contribution is 7.87. The van der Waals surface area contributed by atoms with Gasteiger partial charge in [-0.1, -0.05) is 89.2 Å². The van der Waals surface area contributed by atoms with Crippen molar-refractivity contribution in [2.24, 2.45) is 16.7 Å². The molecule has 2 bridgehead atoms. The van der Waals surface area contributed by atoms with Crippen LogP contribution in [-0.4, -0.2) is 24.0 Å². The molecule has 0 radical (unpaired) electrons. The van der Waals surface area contributed by atoms with Gasteiger partial charge in [0, 0.05) is 10.3 Å². The van der Waals surface area contributed by atoms with Gasteiger partial charge in [0.25, 0.3) is 10.1 Å². The second-order valence-corrected chi connectivity index (χ2v) is 16.2. The number of benzene rings is 1. The number of carbonyl (C=O) groups excluding carboxylic acids is 1. The fourth-order valence-corrected chi connectivity index (χ4v) is 8.05. The van der Waals surface area contributed by atoms with Crippen LogP contribution in [0.4, 0.5) is 0 Å². The molecular weight excluding hydrogens is 464 g/mol. The number of rotatable bonds is 1. The number of carbonyl (C=O) groups is 1. The molecule has 2 saturated carbocycles. The maximum absolute atomic E-state index is 12.0. The van der Waals surface area contributed by atoms with E-state index in [1.54, 1.807) is 0 Å². The highest BCUT2D eigenvalue weighted by Gasteiger charge is 2.69. The summed E-state index contributed by atoms with van der Waals surface area (Å²) in [6.07, 6.45) is 1.44. The van der Waals surface area contributed by atoms with Crippen molar-refractivity contribution in [1.29, 1.82) is 0 Å². The van der Waals surface area contributed by atoms with Crippen molar-refractivity contribution >= 4 is 28.5 Å². The SMILES string of the molecule is CC(C)(C)c1ccc(S)c(C(C)(C)C)c1C(C)(C)C.CC12CCC(C(S(=O)(=O)O)C1=O)C2(C)C. The molecule has 6 heteroatoms. The normalized spacial score (nSPS) is 26.9. The van der Waals surface area contributed by atoms with Gasteiger partial charge in [-0.25, -0.2) is 0 Å². The second-order valence-electron chi connectivity index (χ2n) is 14.1. The lowest BCUT2D eigenvalue weighted by molar-refractivity contribution is -0.128. The van der Waals surface area contributed by atoms with Gasteiger partial charge in [0.15, 0.2) is 5.78 Å². The fraction of sp³-hybridized carbons (Fsp3) is 0.750. The Morgan fingerprint density at radius 3 is 1.65 bits per heavy atom. The first kappa shape index (κ1) is 29.4. The Kier molecular flexibility index (Phi) is 7.45. The lowest BCUT2D eigenvalue weighted by Crippen LogP contribution is -2.38. The third-order valence-corrected chi connectivity index (χ3v) is 9.84. The van der Waals surface area contributed by atoms with Crippen LogP contribution in [0, 0.1) is 16.7 Å². The molecule has 0 aromatic heterocycles. The Bertz CT molecular complexity index is 1060. The first-order valence-corrected chi connectivity index (χ1v) is 14.2. The van der Waals surface area contributed by atoms with Crippen molar-refractivity contribution < 1.29 is 17.8 Å². The van der Waals surface area contributed by atoms with Crippen LogP contribution in [-0.2, 0) is 31.2 Å². The minimum Gasteiger partial charge on any atom is -0.297 e. The first-order chi connectivity index (χ1) is 14.9. The molecule has 2 aliphatic carbocycles. The summed E-state index contributed by atoms with van der Waals surface area (Å²) in [5.41, 5.74) is 3.80. The molecule has 1 N–H and O–H groups in total. The van der Waals surface area contributed by atoms with Crippen molar-refractivity contribution in [1.82, 2.24) is 0 Å². The summed E-state index contributed by atoms with van der Waals surface area (Å²) < 4.78 is 31.5. The van der Waals surface area contributed by atoms with Gasteiger partial charge in [0.05, 0.1) is 0 Å². The number of hydrogen-bond acceptors (Lipinski definition) is 4. The third-order valence-electron chi connectivity index (χ3n) is 8.28. The van der Waals surface area contributed by atoms with Gasteiger partial charge in [-0.2, -0.15) is 8.42 Å². The van der Waals surface area contributed by atoms with Crippen LogP contribution in [0.3, 0.4) is 0 Å². The van der Waals surface area contributed by atoms with Gasteiger partial charge >= 0.3 is 0 Å². The molecular formula is C28H46O4S2. The molecule has 0 aliphatic heterocycles. The van der Waals surface area contributed by atoms with E-state index < -0.39 is 20.8 Å². The predicted molar refractivity (Wildman–Crippen MR) is 145 cm³/mol. The minimum absolute atomic E-state index is 0.112. The summed E-state index contributed by atoms with van der Waals surface area (Å²) >= 11 is 4.74. The molecule has 0 spiro atoms.